The second kappa shape index (κ2) is 10.3. The van der Waals surface area contributed by atoms with Gasteiger partial charge in [-0.05, 0) is 37.0 Å². The Labute approximate surface area is 193 Å². The highest BCUT2D eigenvalue weighted by Gasteiger charge is 2.25. The summed E-state index contributed by atoms with van der Waals surface area (Å²) in [5.74, 6) is 0.0936. The Bertz CT molecular complexity index is 1020. The van der Waals surface area contributed by atoms with Crippen LogP contribution >= 0.6 is 11.6 Å². The van der Waals surface area contributed by atoms with Crippen LogP contribution in [0.5, 0.6) is 0 Å². The molecule has 0 N–H and O–H groups in total. The van der Waals surface area contributed by atoms with Crippen molar-refractivity contribution in [2.75, 3.05) is 45.8 Å². The summed E-state index contributed by atoms with van der Waals surface area (Å²) in [5, 5.41) is 0.589. The van der Waals surface area contributed by atoms with Crippen molar-refractivity contribution in [3.8, 4) is 0 Å². The lowest BCUT2D eigenvalue weighted by Gasteiger charge is -2.36. The second-order valence-electron chi connectivity index (χ2n) is 8.49. The molecule has 0 bridgehead atoms. The molecule has 0 saturated carbocycles. The molecule has 0 radical (unpaired) electrons. The van der Waals surface area contributed by atoms with E-state index in [1.807, 2.05) is 23.1 Å². The number of rotatable bonds is 5. The Morgan fingerprint density at radius 1 is 0.844 bits per heavy atom. The van der Waals surface area contributed by atoms with E-state index >= 15 is 0 Å². The van der Waals surface area contributed by atoms with Gasteiger partial charge >= 0.3 is 0 Å². The molecule has 0 aliphatic carbocycles. The number of piperazine rings is 1. The van der Waals surface area contributed by atoms with Crippen LogP contribution in [-0.4, -0.2) is 76.9 Å². The summed E-state index contributed by atoms with van der Waals surface area (Å²) >= 11 is 6.23. The molecule has 0 unspecified atom stereocenters. The topological polar surface area (TPSA) is 65.9 Å². The molecule has 2 aliphatic rings. The smallest absolute Gasteiger partial charge is 0.255 e. The van der Waals surface area contributed by atoms with E-state index in [9.17, 15) is 14.4 Å². The fourth-order valence-electron chi connectivity index (χ4n) is 4.32. The Morgan fingerprint density at radius 2 is 1.56 bits per heavy atom. The van der Waals surface area contributed by atoms with E-state index in [2.05, 4.69) is 4.90 Å². The lowest BCUT2D eigenvalue weighted by atomic mass is 10.1. The number of amides is 2. The first-order chi connectivity index (χ1) is 15.5. The SMILES string of the molecule is O=C(CN1CCN(C(=O)c2ccc(=O)n(Cc3ccccc3Cl)c2)CC1)N1CCCCC1. The maximum atomic E-state index is 13.0. The van der Waals surface area contributed by atoms with Gasteiger partial charge in [-0.3, -0.25) is 19.3 Å². The van der Waals surface area contributed by atoms with Crippen LogP contribution in [0, 0.1) is 0 Å². The molecule has 3 heterocycles. The Morgan fingerprint density at radius 3 is 2.28 bits per heavy atom. The quantitative estimate of drug-likeness (QED) is 0.692. The molecular formula is C24H29ClN4O3. The summed E-state index contributed by atoms with van der Waals surface area (Å²) in [4.78, 5) is 43.8. The molecule has 2 saturated heterocycles. The summed E-state index contributed by atoms with van der Waals surface area (Å²) < 4.78 is 1.52. The summed E-state index contributed by atoms with van der Waals surface area (Å²) in [7, 11) is 0. The zero-order chi connectivity index (χ0) is 22.5. The van der Waals surface area contributed by atoms with Crippen molar-refractivity contribution in [1.29, 1.82) is 0 Å². The first-order valence-electron chi connectivity index (χ1n) is 11.2. The van der Waals surface area contributed by atoms with Crippen LogP contribution in [0.4, 0.5) is 0 Å². The highest BCUT2D eigenvalue weighted by Crippen LogP contribution is 2.16. The van der Waals surface area contributed by atoms with E-state index in [-0.39, 0.29) is 17.4 Å². The van der Waals surface area contributed by atoms with Crippen molar-refractivity contribution in [3.63, 3.8) is 0 Å². The monoisotopic (exact) mass is 456 g/mol. The van der Waals surface area contributed by atoms with Gasteiger partial charge in [-0.2, -0.15) is 0 Å². The fourth-order valence-corrected chi connectivity index (χ4v) is 4.51. The van der Waals surface area contributed by atoms with Crippen LogP contribution in [0.15, 0.2) is 47.4 Å². The highest BCUT2D eigenvalue weighted by atomic mass is 35.5. The van der Waals surface area contributed by atoms with Crippen molar-refractivity contribution in [2.24, 2.45) is 0 Å². The number of benzene rings is 1. The summed E-state index contributed by atoms with van der Waals surface area (Å²) in [6.07, 6.45) is 5.00. The number of pyridine rings is 1. The van der Waals surface area contributed by atoms with E-state index in [1.165, 1.54) is 17.1 Å². The van der Waals surface area contributed by atoms with Gasteiger partial charge in [0.15, 0.2) is 0 Å². The molecule has 1 aromatic carbocycles. The molecule has 2 aliphatic heterocycles. The zero-order valence-corrected chi connectivity index (χ0v) is 19.0. The molecule has 170 valence electrons. The van der Waals surface area contributed by atoms with Crippen LogP contribution in [0.1, 0.15) is 35.2 Å². The largest absolute Gasteiger partial charge is 0.342 e. The van der Waals surface area contributed by atoms with E-state index in [0.29, 0.717) is 49.9 Å². The lowest BCUT2D eigenvalue weighted by molar-refractivity contribution is -0.133. The standard InChI is InChI=1S/C24H29ClN4O3/c25-21-7-3-2-6-19(21)16-29-17-20(8-9-22(29)30)24(32)28-14-12-26(13-15-28)18-23(31)27-10-4-1-5-11-27/h2-3,6-9,17H,1,4-5,10-16,18H2. The van der Waals surface area contributed by atoms with Crippen molar-refractivity contribution < 1.29 is 9.59 Å². The first kappa shape index (κ1) is 22.6. The number of carbonyl (C=O) groups excluding carboxylic acids is 2. The molecule has 2 amide bonds. The third-order valence-corrected chi connectivity index (χ3v) is 6.62. The molecule has 1 aromatic heterocycles. The zero-order valence-electron chi connectivity index (χ0n) is 18.2. The van der Waals surface area contributed by atoms with Crippen LogP contribution < -0.4 is 5.56 Å². The van der Waals surface area contributed by atoms with Gasteiger partial charge in [-0.25, -0.2) is 0 Å². The van der Waals surface area contributed by atoms with Crippen molar-refractivity contribution in [2.45, 2.75) is 25.8 Å². The number of likely N-dealkylation sites (tertiary alicyclic amines) is 1. The number of nitrogens with zero attached hydrogens (tertiary/aromatic N) is 4. The van der Waals surface area contributed by atoms with Crippen LogP contribution in [0.25, 0.3) is 0 Å². The molecular weight excluding hydrogens is 428 g/mol. The van der Waals surface area contributed by atoms with Crippen LogP contribution in [0.3, 0.4) is 0 Å². The van der Waals surface area contributed by atoms with Crippen LogP contribution in [-0.2, 0) is 11.3 Å². The highest BCUT2D eigenvalue weighted by molar-refractivity contribution is 6.31. The Hall–Kier alpha value is -2.64. The van der Waals surface area contributed by atoms with Crippen molar-refractivity contribution in [3.05, 3.63) is 69.1 Å². The van der Waals surface area contributed by atoms with Gasteiger partial charge in [0.05, 0.1) is 18.7 Å². The van der Waals surface area contributed by atoms with E-state index in [0.717, 1.165) is 31.5 Å². The van der Waals surface area contributed by atoms with Crippen LogP contribution in [0.2, 0.25) is 5.02 Å². The average Bonchev–Trinajstić information content (AvgIpc) is 2.82. The van der Waals surface area contributed by atoms with Gasteiger partial charge in [0.2, 0.25) is 5.91 Å². The molecule has 2 aromatic rings. The average molecular weight is 457 g/mol. The number of halogens is 1. The summed E-state index contributed by atoms with van der Waals surface area (Å²) in [6, 6.07) is 10.4. The van der Waals surface area contributed by atoms with Gasteiger partial charge < -0.3 is 14.4 Å². The molecule has 8 heteroatoms. The molecule has 4 rings (SSSR count). The minimum Gasteiger partial charge on any atom is -0.342 e. The van der Waals surface area contributed by atoms with Gasteiger partial charge in [-0.15, -0.1) is 0 Å². The number of piperidine rings is 1. The van der Waals surface area contributed by atoms with E-state index in [1.54, 1.807) is 23.2 Å². The first-order valence-corrected chi connectivity index (χ1v) is 11.6. The normalized spacial score (nSPS) is 17.4. The predicted molar refractivity (Wildman–Crippen MR) is 124 cm³/mol. The van der Waals surface area contributed by atoms with Gasteiger partial charge in [-0.1, -0.05) is 29.8 Å². The maximum Gasteiger partial charge on any atom is 0.255 e. The third-order valence-electron chi connectivity index (χ3n) is 6.26. The minimum atomic E-state index is -0.178. The van der Waals surface area contributed by atoms with E-state index in [4.69, 9.17) is 11.6 Å². The molecule has 0 atom stereocenters. The van der Waals surface area contributed by atoms with Gasteiger partial charge in [0.25, 0.3) is 11.5 Å². The molecule has 7 nitrogen and oxygen atoms in total. The second-order valence-corrected chi connectivity index (χ2v) is 8.89. The van der Waals surface area contributed by atoms with Crippen molar-refractivity contribution in [1.82, 2.24) is 19.3 Å². The molecule has 0 spiro atoms. The van der Waals surface area contributed by atoms with Gasteiger partial charge in [0.1, 0.15) is 0 Å². The fraction of sp³-hybridized carbons (Fsp3) is 0.458. The third kappa shape index (κ3) is 5.40. The minimum absolute atomic E-state index is 0.0973. The molecule has 2 fully saturated rings. The number of hydrogen-bond donors (Lipinski definition) is 0. The Balaban J connectivity index is 1.35. The number of carbonyl (C=O) groups is 2. The maximum absolute atomic E-state index is 13.0. The predicted octanol–water partition coefficient (Wildman–Crippen LogP) is 2.32. The summed E-state index contributed by atoms with van der Waals surface area (Å²) in [5.41, 5.74) is 1.13. The summed E-state index contributed by atoms with van der Waals surface area (Å²) in [6.45, 7) is 4.93. The number of hydrogen-bond acceptors (Lipinski definition) is 4. The van der Waals surface area contributed by atoms with Crippen molar-refractivity contribution >= 4 is 23.4 Å². The lowest BCUT2D eigenvalue weighted by Crippen LogP contribution is -2.52. The number of aromatic nitrogens is 1. The Kier molecular flexibility index (Phi) is 7.27. The van der Waals surface area contributed by atoms with E-state index < -0.39 is 0 Å². The van der Waals surface area contributed by atoms with Gasteiger partial charge in [0, 0.05) is 56.6 Å². The molecule has 32 heavy (non-hydrogen) atoms.